The third-order valence-corrected chi connectivity index (χ3v) is 10.9. The molecule has 0 aromatic carbocycles. The van der Waals surface area contributed by atoms with E-state index >= 15 is 0 Å². The van der Waals surface area contributed by atoms with E-state index in [-0.39, 0.29) is 19.1 Å². The van der Waals surface area contributed by atoms with Gasteiger partial charge < -0.3 is 28.8 Å². The van der Waals surface area contributed by atoms with Crippen molar-refractivity contribution < 1.29 is 32.9 Å². The SMILES string of the molecule is CC/C=C\C/C=C\CCCCCCCCCCCCCCCCC(=O)NC(COP(=O)([O-])OCC[N+](C)(C)C)C(O)CCCCCCCCCCCC. The second-order valence-corrected chi connectivity index (χ2v) is 17.8. The number of aliphatic hydroxyl groups is 1. The van der Waals surface area contributed by atoms with Crippen LogP contribution in [0.5, 0.6) is 0 Å². The Morgan fingerprint density at radius 1 is 0.679 bits per heavy atom. The first-order valence-electron chi connectivity index (χ1n) is 22.2. The molecular formula is C44H87N2O6P. The van der Waals surface area contributed by atoms with Crippen molar-refractivity contribution in [3.63, 3.8) is 0 Å². The summed E-state index contributed by atoms with van der Waals surface area (Å²) >= 11 is 0. The summed E-state index contributed by atoms with van der Waals surface area (Å²) in [5.41, 5.74) is 0. The summed E-state index contributed by atoms with van der Waals surface area (Å²) in [5, 5.41) is 13.9. The molecule has 3 unspecified atom stereocenters. The zero-order valence-corrected chi connectivity index (χ0v) is 36.4. The fourth-order valence-corrected chi connectivity index (χ4v) is 7.15. The average molecular weight is 771 g/mol. The zero-order chi connectivity index (χ0) is 39.3. The lowest BCUT2D eigenvalue weighted by Crippen LogP contribution is -2.46. The molecule has 1 amide bonds. The maximum atomic E-state index is 12.8. The van der Waals surface area contributed by atoms with E-state index in [1.165, 1.54) is 122 Å². The van der Waals surface area contributed by atoms with Crippen LogP contribution in [0.2, 0.25) is 0 Å². The number of nitrogens with zero attached hydrogens (tertiary/aromatic N) is 1. The quantitative estimate of drug-likeness (QED) is 0.0278. The van der Waals surface area contributed by atoms with Crippen LogP contribution < -0.4 is 10.2 Å². The fraction of sp³-hybridized carbons (Fsp3) is 0.886. The van der Waals surface area contributed by atoms with Crippen LogP contribution in [0.3, 0.4) is 0 Å². The first-order valence-corrected chi connectivity index (χ1v) is 23.6. The minimum Gasteiger partial charge on any atom is -0.756 e. The highest BCUT2D eigenvalue weighted by molar-refractivity contribution is 7.45. The van der Waals surface area contributed by atoms with Gasteiger partial charge in [-0.05, 0) is 38.5 Å². The molecular weight excluding hydrogens is 683 g/mol. The zero-order valence-electron chi connectivity index (χ0n) is 35.5. The summed E-state index contributed by atoms with van der Waals surface area (Å²) in [7, 11) is 1.31. The van der Waals surface area contributed by atoms with Crippen LogP contribution in [0.15, 0.2) is 24.3 Å². The Morgan fingerprint density at radius 3 is 1.66 bits per heavy atom. The Bertz CT molecular complexity index is 922. The van der Waals surface area contributed by atoms with Crippen molar-refractivity contribution in [3.05, 3.63) is 24.3 Å². The topological polar surface area (TPSA) is 108 Å². The van der Waals surface area contributed by atoms with Gasteiger partial charge in [-0.15, -0.1) is 0 Å². The van der Waals surface area contributed by atoms with Crippen molar-refractivity contribution in [2.24, 2.45) is 0 Å². The Kier molecular flexibility index (Phi) is 35.9. The molecule has 0 radical (unpaired) electrons. The Hall–Kier alpha value is -1.02. The molecule has 0 rings (SSSR count). The molecule has 3 atom stereocenters. The molecule has 0 aromatic heterocycles. The number of rotatable bonds is 40. The number of carbonyl (C=O) groups excluding carboxylic acids is 1. The first-order chi connectivity index (χ1) is 25.5. The molecule has 53 heavy (non-hydrogen) atoms. The average Bonchev–Trinajstić information content (AvgIpc) is 3.10. The molecule has 0 aliphatic rings. The molecule has 0 spiro atoms. The number of allylic oxidation sites excluding steroid dienone is 4. The number of amides is 1. The van der Waals surface area contributed by atoms with Crippen LogP contribution >= 0.6 is 7.82 Å². The van der Waals surface area contributed by atoms with E-state index in [0.717, 1.165) is 51.4 Å². The highest BCUT2D eigenvalue weighted by atomic mass is 31.2. The minimum atomic E-state index is -4.56. The molecule has 8 nitrogen and oxygen atoms in total. The summed E-state index contributed by atoms with van der Waals surface area (Å²) in [6, 6.07) is -0.796. The third-order valence-electron chi connectivity index (χ3n) is 9.95. The summed E-state index contributed by atoms with van der Waals surface area (Å²) in [6.45, 7) is 4.60. The molecule has 0 saturated carbocycles. The Labute approximate surface area is 328 Å². The number of hydrogen-bond donors (Lipinski definition) is 2. The second kappa shape index (κ2) is 36.6. The molecule has 2 N–H and O–H groups in total. The van der Waals surface area contributed by atoms with Gasteiger partial charge in [0.15, 0.2) is 0 Å². The number of nitrogens with one attached hydrogen (secondary N) is 1. The number of hydrogen-bond acceptors (Lipinski definition) is 6. The van der Waals surface area contributed by atoms with Crippen LogP contribution in [-0.2, 0) is 18.4 Å². The minimum absolute atomic E-state index is 0.0130. The molecule has 0 aromatic rings. The third kappa shape index (κ3) is 39.0. The summed E-state index contributed by atoms with van der Waals surface area (Å²) in [4.78, 5) is 25.3. The van der Waals surface area contributed by atoms with Gasteiger partial charge in [-0.3, -0.25) is 9.36 Å². The van der Waals surface area contributed by atoms with Crippen molar-refractivity contribution in [1.29, 1.82) is 0 Å². The number of phosphoric acid groups is 1. The lowest BCUT2D eigenvalue weighted by molar-refractivity contribution is -0.870. The summed E-state index contributed by atoms with van der Waals surface area (Å²) < 4.78 is 23.2. The predicted octanol–water partition coefficient (Wildman–Crippen LogP) is 11.5. The number of quaternary nitrogens is 1. The molecule has 0 heterocycles. The van der Waals surface area contributed by atoms with E-state index < -0.39 is 20.0 Å². The van der Waals surface area contributed by atoms with Gasteiger partial charge in [-0.2, -0.15) is 0 Å². The number of likely N-dealkylation sites (N-methyl/N-ethyl adjacent to an activating group) is 1. The summed E-state index contributed by atoms with van der Waals surface area (Å²) in [6.07, 6.45) is 41.9. The van der Waals surface area contributed by atoms with Crippen LogP contribution in [0, 0.1) is 0 Å². The lowest BCUT2D eigenvalue weighted by Gasteiger charge is -2.30. The summed E-state index contributed by atoms with van der Waals surface area (Å²) in [5.74, 6) is -0.167. The van der Waals surface area contributed by atoms with E-state index in [4.69, 9.17) is 9.05 Å². The molecule has 314 valence electrons. The fourth-order valence-electron chi connectivity index (χ4n) is 6.43. The standard InChI is InChI=1S/C44H87N2O6P/c1-6-8-10-12-14-16-18-19-20-21-22-23-24-25-26-27-28-30-32-34-36-38-44(48)45-42(41-52-53(49,50)51-40-39-46(3,4)5)43(47)37-35-33-31-29-17-15-13-11-9-7-2/h8,10,14,16,42-43,47H,6-7,9,11-13,15,17-41H2,1-5H3,(H-,45,48,49,50)/b10-8-,16-14-. The lowest BCUT2D eigenvalue weighted by atomic mass is 10.0. The Balaban J connectivity index is 4.22. The van der Waals surface area contributed by atoms with Crippen LogP contribution in [0.4, 0.5) is 0 Å². The molecule has 0 bridgehead atoms. The Morgan fingerprint density at radius 2 is 1.15 bits per heavy atom. The van der Waals surface area contributed by atoms with Gasteiger partial charge in [0.05, 0.1) is 39.9 Å². The highest BCUT2D eigenvalue weighted by Crippen LogP contribution is 2.38. The molecule has 0 fully saturated rings. The second-order valence-electron chi connectivity index (χ2n) is 16.4. The van der Waals surface area contributed by atoms with Gasteiger partial charge in [0.1, 0.15) is 13.2 Å². The predicted molar refractivity (Wildman–Crippen MR) is 224 cm³/mol. The number of aliphatic hydroxyl groups excluding tert-OH is 1. The first kappa shape index (κ1) is 52.0. The van der Waals surface area contributed by atoms with Crippen molar-refractivity contribution in [1.82, 2.24) is 5.32 Å². The smallest absolute Gasteiger partial charge is 0.268 e. The maximum absolute atomic E-state index is 12.8. The van der Waals surface area contributed by atoms with E-state index in [1.54, 1.807) is 0 Å². The van der Waals surface area contributed by atoms with Gasteiger partial charge in [0, 0.05) is 6.42 Å². The van der Waals surface area contributed by atoms with Gasteiger partial charge in [0.2, 0.25) is 5.91 Å². The molecule has 0 aliphatic heterocycles. The van der Waals surface area contributed by atoms with E-state index in [9.17, 15) is 19.4 Å². The maximum Gasteiger partial charge on any atom is 0.268 e. The van der Waals surface area contributed by atoms with Crippen molar-refractivity contribution in [2.45, 2.75) is 212 Å². The van der Waals surface area contributed by atoms with Crippen LogP contribution in [0.1, 0.15) is 200 Å². The van der Waals surface area contributed by atoms with Gasteiger partial charge >= 0.3 is 0 Å². The number of carbonyl (C=O) groups is 1. The molecule has 9 heteroatoms. The van der Waals surface area contributed by atoms with E-state index in [2.05, 4.69) is 43.5 Å². The molecule has 0 saturated heterocycles. The monoisotopic (exact) mass is 771 g/mol. The number of phosphoric ester groups is 1. The van der Waals surface area contributed by atoms with Gasteiger partial charge in [-0.25, -0.2) is 0 Å². The van der Waals surface area contributed by atoms with Crippen molar-refractivity contribution in [2.75, 3.05) is 40.9 Å². The highest BCUT2D eigenvalue weighted by Gasteiger charge is 2.24. The van der Waals surface area contributed by atoms with E-state index in [1.807, 2.05) is 21.1 Å². The van der Waals surface area contributed by atoms with Crippen LogP contribution in [-0.4, -0.2) is 68.5 Å². The van der Waals surface area contributed by atoms with Crippen molar-refractivity contribution in [3.8, 4) is 0 Å². The normalized spacial score (nSPS) is 14.6. The molecule has 0 aliphatic carbocycles. The number of unbranched alkanes of at least 4 members (excludes halogenated alkanes) is 23. The van der Waals surface area contributed by atoms with Crippen LogP contribution in [0.25, 0.3) is 0 Å². The van der Waals surface area contributed by atoms with Gasteiger partial charge in [0.25, 0.3) is 7.82 Å². The van der Waals surface area contributed by atoms with Gasteiger partial charge in [-0.1, -0.05) is 179 Å². The van der Waals surface area contributed by atoms with E-state index in [0.29, 0.717) is 23.9 Å². The van der Waals surface area contributed by atoms with Crippen molar-refractivity contribution >= 4 is 13.7 Å². The largest absolute Gasteiger partial charge is 0.756 e.